The van der Waals surface area contributed by atoms with Gasteiger partial charge < -0.3 is 18.9 Å². The molecule has 0 atom stereocenters. The molecule has 302 valence electrons. The van der Waals surface area contributed by atoms with Crippen molar-refractivity contribution in [3.05, 3.63) is 81.7 Å². The molecule has 0 bridgehead atoms. The lowest BCUT2D eigenvalue weighted by Gasteiger charge is -2.22. The Morgan fingerprint density at radius 3 is 0.821 bits per heavy atom. The molecule has 0 saturated carbocycles. The largest absolute Gasteiger partial charge is 0.490 e. The zero-order chi connectivity index (χ0) is 39.5. The average Bonchev–Trinajstić information content (AvgIpc) is 3.20. The van der Waals surface area contributed by atoms with E-state index in [-0.39, 0.29) is 0 Å². The molecule has 0 aromatic heterocycles. The van der Waals surface area contributed by atoms with Gasteiger partial charge in [0.15, 0.2) is 23.0 Å². The zero-order valence-electron chi connectivity index (χ0n) is 34.5. The van der Waals surface area contributed by atoms with Crippen LogP contribution in [0.15, 0.2) is 81.7 Å². The predicted octanol–water partition coefficient (Wildman–Crippen LogP) is 16.7. The smallest absolute Gasteiger partial charge is 0.161 e. The van der Waals surface area contributed by atoms with E-state index < -0.39 is 0 Å². The van der Waals surface area contributed by atoms with Gasteiger partial charge in [-0.05, 0) is 118 Å². The first-order valence-corrected chi connectivity index (χ1v) is 23.2. The molecule has 0 saturated heterocycles. The number of benzene rings is 5. The van der Waals surface area contributed by atoms with Crippen molar-refractivity contribution in [1.29, 1.82) is 0 Å². The number of rotatable bonds is 26. The molecule has 6 heteroatoms. The molecular weight excluding hydrogens is 824 g/mol. The van der Waals surface area contributed by atoms with Crippen LogP contribution in [0.5, 0.6) is 23.0 Å². The summed E-state index contributed by atoms with van der Waals surface area (Å²) in [5.74, 6) is 3.23. The Morgan fingerprint density at radius 1 is 0.339 bits per heavy atom. The lowest BCUT2D eigenvalue weighted by atomic mass is 9.85. The van der Waals surface area contributed by atoms with Gasteiger partial charge in [-0.25, -0.2) is 0 Å². The average molecular weight is 889 g/mol. The second-order valence-electron chi connectivity index (χ2n) is 15.1. The van der Waals surface area contributed by atoms with Crippen LogP contribution in [0.25, 0.3) is 43.8 Å². The van der Waals surface area contributed by atoms with E-state index in [1.165, 1.54) is 51.4 Å². The lowest BCUT2D eigenvalue weighted by molar-refractivity contribution is 0.259. The molecule has 0 fully saturated rings. The number of fused-ring (bicyclic) bond motifs is 2. The third-order valence-electron chi connectivity index (χ3n) is 10.5. The molecular formula is C50H64Br2O4. The summed E-state index contributed by atoms with van der Waals surface area (Å²) in [7, 11) is 0. The van der Waals surface area contributed by atoms with Gasteiger partial charge in [0.05, 0.1) is 26.4 Å². The first-order chi connectivity index (χ1) is 27.5. The Labute approximate surface area is 354 Å². The number of ether oxygens (including phenoxy) is 4. The van der Waals surface area contributed by atoms with Gasteiger partial charge in [-0.1, -0.05) is 161 Å². The molecule has 0 heterocycles. The first-order valence-electron chi connectivity index (χ1n) is 21.6. The summed E-state index contributed by atoms with van der Waals surface area (Å²) in [5.41, 5.74) is 4.57. The first kappa shape index (κ1) is 43.9. The molecule has 0 unspecified atom stereocenters. The topological polar surface area (TPSA) is 36.9 Å². The quantitative estimate of drug-likeness (QED) is 0.0409. The molecule has 0 amide bonds. The van der Waals surface area contributed by atoms with Crippen molar-refractivity contribution < 1.29 is 18.9 Å². The van der Waals surface area contributed by atoms with Crippen molar-refractivity contribution in [3.63, 3.8) is 0 Å². The molecule has 0 radical (unpaired) electrons. The monoisotopic (exact) mass is 886 g/mol. The fourth-order valence-electron chi connectivity index (χ4n) is 7.39. The van der Waals surface area contributed by atoms with Gasteiger partial charge in [0.1, 0.15) is 0 Å². The summed E-state index contributed by atoms with van der Waals surface area (Å²) in [4.78, 5) is 0. The number of hydrogen-bond acceptors (Lipinski definition) is 4. The molecule has 0 N–H and O–H groups in total. The highest BCUT2D eigenvalue weighted by Crippen LogP contribution is 2.50. The maximum Gasteiger partial charge on any atom is 0.161 e. The van der Waals surface area contributed by atoms with Gasteiger partial charge in [0, 0.05) is 8.95 Å². The van der Waals surface area contributed by atoms with Gasteiger partial charge in [-0.2, -0.15) is 0 Å². The normalized spacial score (nSPS) is 11.4. The van der Waals surface area contributed by atoms with Crippen LogP contribution >= 0.6 is 31.9 Å². The van der Waals surface area contributed by atoms with Crippen LogP contribution in [-0.4, -0.2) is 26.4 Å². The number of halogens is 2. The predicted molar refractivity (Wildman–Crippen MR) is 246 cm³/mol. The molecule has 0 spiro atoms. The maximum absolute atomic E-state index is 6.67. The van der Waals surface area contributed by atoms with Gasteiger partial charge in [0.2, 0.25) is 0 Å². The summed E-state index contributed by atoms with van der Waals surface area (Å²) in [6.07, 6.45) is 18.3. The summed E-state index contributed by atoms with van der Waals surface area (Å²) in [5, 5.41) is 4.51. The Morgan fingerprint density at radius 2 is 0.589 bits per heavy atom. The van der Waals surface area contributed by atoms with Crippen LogP contribution in [-0.2, 0) is 0 Å². The van der Waals surface area contributed by atoms with E-state index in [9.17, 15) is 0 Å². The summed E-state index contributed by atoms with van der Waals surface area (Å²) >= 11 is 7.41. The van der Waals surface area contributed by atoms with E-state index >= 15 is 0 Å². The van der Waals surface area contributed by atoms with E-state index in [0.29, 0.717) is 26.4 Å². The van der Waals surface area contributed by atoms with Crippen molar-refractivity contribution in [2.24, 2.45) is 0 Å². The molecule has 0 aliphatic heterocycles. The maximum atomic E-state index is 6.67. The Bertz CT molecular complexity index is 1690. The van der Waals surface area contributed by atoms with Crippen LogP contribution in [0.1, 0.15) is 130 Å². The minimum Gasteiger partial charge on any atom is -0.490 e. The molecule has 0 aliphatic rings. The fourth-order valence-corrected chi connectivity index (χ4v) is 7.92. The minimum absolute atomic E-state index is 0.660. The summed E-state index contributed by atoms with van der Waals surface area (Å²) in [6.45, 7) is 11.6. The molecule has 5 rings (SSSR count). The van der Waals surface area contributed by atoms with Gasteiger partial charge in [-0.3, -0.25) is 0 Å². The van der Waals surface area contributed by atoms with Crippen molar-refractivity contribution in [2.45, 2.75) is 130 Å². The molecule has 0 aliphatic carbocycles. The van der Waals surface area contributed by atoms with E-state index in [4.69, 9.17) is 18.9 Å². The van der Waals surface area contributed by atoms with Crippen LogP contribution in [0.3, 0.4) is 0 Å². The third-order valence-corrected chi connectivity index (χ3v) is 11.6. The van der Waals surface area contributed by atoms with Crippen molar-refractivity contribution in [2.75, 3.05) is 26.4 Å². The Kier molecular flexibility index (Phi) is 18.7. The molecule has 56 heavy (non-hydrogen) atoms. The summed E-state index contributed by atoms with van der Waals surface area (Å²) < 4.78 is 28.8. The van der Waals surface area contributed by atoms with Crippen LogP contribution < -0.4 is 18.9 Å². The van der Waals surface area contributed by atoms with Crippen LogP contribution in [0.2, 0.25) is 0 Å². The van der Waals surface area contributed by atoms with Gasteiger partial charge in [-0.15, -0.1) is 0 Å². The highest BCUT2D eigenvalue weighted by atomic mass is 79.9. The van der Waals surface area contributed by atoms with E-state index in [1.807, 2.05) is 0 Å². The lowest BCUT2D eigenvalue weighted by Crippen LogP contribution is -2.05. The second-order valence-corrected chi connectivity index (χ2v) is 16.9. The van der Waals surface area contributed by atoms with Crippen molar-refractivity contribution in [1.82, 2.24) is 0 Å². The standard InChI is InChI=1S/C50H64Br2O4/c1-5-9-13-17-29-53-45-33-41-42(34-46(45)54-30-18-14-10-6-2)50(38-23-27-40(52)28-24-38)44-36-48(56-32-20-16-12-8-4)47(55-31-19-15-11-7-3)35-43(44)49(41)37-21-25-39(51)26-22-37/h21-28,33-36H,5-20,29-32H2,1-4H3. The number of unbranched alkanes of at least 4 members (excludes halogenated alkanes) is 12. The highest BCUT2D eigenvalue weighted by molar-refractivity contribution is 9.10. The Balaban J connectivity index is 1.79. The van der Waals surface area contributed by atoms with Crippen LogP contribution in [0.4, 0.5) is 0 Å². The highest BCUT2D eigenvalue weighted by Gasteiger charge is 2.23. The SMILES string of the molecule is CCCCCCOc1cc2c(-c3ccc(Br)cc3)c3cc(OCCCCCC)c(OCCCCCC)cc3c(-c3ccc(Br)cc3)c2cc1OCCCCCC. The fraction of sp³-hybridized carbons (Fsp3) is 0.480. The van der Waals surface area contributed by atoms with E-state index in [2.05, 4.69) is 132 Å². The van der Waals surface area contributed by atoms with E-state index in [0.717, 1.165) is 127 Å². The third kappa shape index (κ3) is 12.4. The van der Waals surface area contributed by atoms with Gasteiger partial charge >= 0.3 is 0 Å². The van der Waals surface area contributed by atoms with Gasteiger partial charge in [0.25, 0.3) is 0 Å². The summed E-state index contributed by atoms with van der Waals surface area (Å²) in [6, 6.07) is 26.4. The second kappa shape index (κ2) is 23.9. The molecule has 4 nitrogen and oxygen atoms in total. The number of hydrogen-bond donors (Lipinski definition) is 0. The minimum atomic E-state index is 0.660. The Hall–Kier alpha value is -3.22. The zero-order valence-corrected chi connectivity index (χ0v) is 37.6. The van der Waals surface area contributed by atoms with Crippen molar-refractivity contribution in [3.8, 4) is 45.3 Å². The van der Waals surface area contributed by atoms with E-state index in [1.54, 1.807) is 0 Å². The van der Waals surface area contributed by atoms with Crippen LogP contribution in [0, 0.1) is 0 Å². The molecule has 5 aromatic rings. The van der Waals surface area contributed by atoms with Crippen molar-refractivity contribution >= 4 is 53.4 Å². The molecule has 5 aromatic carbocycles.